The SMILES string of the molecule is CN(CC1=CC(F)=CCC1)c1ncnc2c1ncn2[C@@H]1O[C@H](COCc2ccc(-c3ccccc3)cc2)[C@@H](O)[C@H]1O. The van der Waals surface area contributed by atoms with Crippen LogP contribution >= 0.6 is 0 Å². The lowest BCUT2D eigenvalue weighted by atomic mass is 10.0. The maximum atomic E-state index is 13.7. The predicted molar refractivity (Wildman–Crippen MR) is 153 cm³/mol. The van der Waals surface area contributed by atoms with Crippen LogP contribution in [0.25, 0.3) is 22.3 Å². The van der Waals surface area contributed by atoms with E-state index in [9.17, 15) is 14.6 Å². The summed E-state index contributed by atoms with van der Waals surface area (Å²) in [7, 11) is 1.87. The van der Waals surface area contributed by atoms with Crippen molar-refractivity contribution < 1.29 is 24.1 Å². The molecule has 0 spiro atoms. The molecule has 2 aliphatic rings. The number of aromatic nitrogens is 4. The highest BCUT2D eigenvalue weighted by molar-refractivity contribution is 5.83. The van der Waals surface area contributed by atoms with Crippen molar-refractivity contribution in [2.45, 2.75) is 44.0 Å². The van der Waals surface area contributed by atoms with Gasteiger partial charge in [0.25, 0.3) is 0 Å². The lowest BCUT2D eigenvalue weighted by Crippen LogP contribution is -2.33. The van der Waals surface area contributed by atoms with Crippen LogP contribution in [0.4, 0.5) is 10.2 Å². The lowest BCUT2D eigenvalue weighted by molar-refractivity contribution is -0.0682. The summed E-state index contributed by atoms with van der Waals surface area (Å²) in [6, 6.07) is 18.3. The van der Waals surface area contributed by atoms with Crippen LogP contribution in [-0.4, -0.2) is 68.2 Å². The summed E-state index contributed by atoms with van der Waals surface area (Å²) in [5, 5.41) is 21.6. The van der Waals surface area contributed by atoms with E-state index in [2.05, 4.69) is 27.1 Å². The molecule has 2 aromatic heterocycles. The van der Waals surface area contributed by atoms with Crippen LogP contribution < -0.4 is 4.90 Å². The fourth-order valence-corrected chi connectivity index (χ4v) is 5.34. The molecule has 1 fully saturated rings. The molecule has 10 heteroatoms. The van der Waals surface area contributed by atoms with Gasteiger partial charge in [0.15, 0.2) is 23.2 Å². The summed E-state index contributed by atoms with van der Waals surface area (Å²) in [5.41, 5.74) is 5.20. The number of rotatable bonds is 9. The van der Waals surface area contributed by atoms with Gasteiger partial charge in [-0.1, -0.05) is 54.6 Å². The van der Waals surface area contributed by atoms with Gasteiger partial charge < -0.3 is 24.6 Å². The average Bonchev–Trinajstić information content (AvgIpc) is 3.54. The quantitative estimate of drug-likeness (QED) is 0.313. The summed E-state index contributed by atoms with van der Waals surface area (Å²) in [6.45, 7) is 0.941. The van der Waals surface area contributed by atoms with Crippen LogP contribution in [0.2, 0.25) is 0 Å². The van der Waals surface area contributed by atoms with Crippen molar-refractivity contribution in [1.29, 1.82) is 0 Å². The Balaban J connectivity index is 1.10. The van der Waals surface area contributed by atoms with Gasteiger partial charge in [-0.2, -0.15) is 0 Å². The standard InChI is InChI=1S/C31H32FN5O4/c1-36(15-21-6-5-9-24(32)14-21)29-26-30(34-18-33-29)37(19-35-26)31-28(39)27(38)25(41-31)17-40-16-20-10-12-23(13-11-20)22-7-3-2-4-8-22/h2-4,7-14,18-19,25,27-28,31,38-39H,5-6,15-17H2,1H3/t25-,27-,28-,31-/m1/s1. The molecule has 41 heavy (non-hydrogen) atoms. The van der Waals surface area contributed by atoms with Crippen LogP contribution in [0.3, 0.4) is 0 Å². The highest BCUT2D eigenvalue weighted by atomic mass is 19.1. The van der Waals surface area contributed by atoms with Crippen LogP contribution in [0.1, 0.15) is 24.6 Å². The third-order valence-corrected chi connectivity index (χ3v) is 7.51. The molecule has 0 radical (unpaired) electrons. The van der Waals surface area contributed by atoms with E-state index in [0.29, 0.717) is 36.6 Å². The fourth-order valence-electron chi connectivity index (χ4n) is 5.34. The highest BCUT2D eigenvalue weighted by Crippen LogP contribution is 2.33. The molecule has 2 N–H and O–H groups in total. The Morgan fingerprint density at radius 3 is 2.59 bits per heavy atom. The zero-order valence-electron chi connectivity index (χ0n) is 22.7. The number of benzene rings is 2. The van der Waals surface area contributed by atoms with Crippen LogP contribution in [0.5, 0.6) is 0 Å². The zero-order chi connectivity index (χ0) is 28.3. The van der Waals surface area contributed by atoms with Crippen molar-refractivity contribution in [2.75, 3.05) is 25.1 Å². The number of aliphatic hydroxyl groups is 2. The van der Waals surface area contributed by atoms with E-state index in [-0.39, 0.29) is 12.4 Å². The van der Waals surface area contributed by atoms with Crippen molar-refractivity contribution in [3.8, 4) is 11.1 Å². The largest absolute Gasteiger partial charge is 0.387 e. The van der Waals surface area contributed by atoms with Crippen LogP contribution in [0.15, 0.2) is 90.8 Å². The molecule has 212 valence electrons. The third-order valence-electron chi connectivity index (χ3n) is 7.51. The van der Waals surface area contributed by atoms with Gasteiger partial charge in [-0.15, -0.1) is 0 Å². The Kier molecular flexibility index (Phi) is 7.89. The molecular weight excluding hydrogens is 525 g/mol. The molecule has 0 bridgehead atoms. The Morgan fingerprint density at radius 2 is 1.80 bits per heavy atom. The second-order valence-electron chi connectivity index (χ2n) is 10.4. The number of anilines is 1. The van der Waals surface area contributed by atoms with E-state index in [1.54, 1.807) is 16.7 Å². The number of halogens is 1. The van der Waals surface area contributed by atoms with E-state index in [4.69, 9.17) is 9.47 Å². The Bertz CT molecular complexity index is 1560. The normalized spacial score (nSPS) is 22.5. The van der Waals surface area contributed by atoms with Gasteiger partial charge in [-0.3, -0.25) is 4.57 Å². The molecule has 9 nitrogen and oxygen atoms in total. The molecule has 4 aromatic rings. The lowest BCUT2D eigenvalue weighted by Gasteiger charge is -2.21. The summed E-state index contributed by atoms with van der Waals surface area (Å²) in [5.74, 6) is 0.359. The molecule has 0 amide bonds. The highest BCUT2D eigenvalue weighted by Gasteiger charge is 2.44. The molecule has 4 atom stereocenters. The molecular formula is C31H32FN5O4. The van der Waals surface area contributed by atoms with Gasteiger partial charge in [0.2, 0.25) is 0 Å². The number of aliphatic hydroxyl groups excluding tert-OH is 2. The van der Waals surface area contributed by atoms with Crippen LogP contribution in [0, 0.1) is 0 Å². The van der Waals surface area contributed by atoms with Gasteiger partial charge in [-0.25, -0.2) is 19.3 Å². The first kappa shape index (κ1) is 27.2. The number of imidazole rings is 1. The van der Waals surface area contributed by atoms with Crippen molar-refractivity contribution in [1.82, 2.24) is 19.5 Å². The maximum absolute atomic E-state index is 13.7. The fraction of sp³-hybridized carbons (Fsp3) is 0.323. The molecule has 6 rings (SSSR count). The molecule has 1 aliphatic heterocycles. The number of hydrogen-bond acceptors (Lipinski definition) is 8. The number of fused-ring (bicyclic) bond motifs is 1. The molecule has 1 saturated heterocycles. The minimum absolute atomic E-state index is 0.102. The van der Waals surface area contributed by atoms with Crippen molar-refractivity contribution in [2.24, 2.45) is 0 Å². The number of likely N-dealkylation sites (N-methyl/N-ethyl adjacent to an activating group) is 1. The topological polar surface area (TPSA) is 106 Å². The monoisotopic (exact) mass is 557 g/mol. The average molecular weight is 558 g/mol. The first-order chi connectivity index (χ1) is 20.0. The second kappa shape index (κ2) is 11.9. The summed E-state index contributed by atoms with van der Waals surface area (Å²) < 4.78 is 27.2. The Labute approximate surface area is 237 Å². The first-order valence-corrected chi connectivity index (χ1v) is 13.7. The Morgan fingerprint density at radius 1 is 1.02 bits per heavy atom. The minimum Gasteiger partial charge on any atom is -0.387 e. The number of allylic oxidation sites excluding steroid dienone is 3. The van der Waals surface area contributed by atoms with Gasteiger partial charge >= 0.3 is 0 Å². The number of nitrogens with zero attached hydrogens (tertiary/aromatic N) is 5. The molecule has 2 aromatic carbocycles. The van der Waals surface area contributed by atoms with Gasteiger partial charge in [0.05, 0.1) is 19.5 Å². The van der Waals surface area contributed by atoms with Crippen molar-refractivity contribution in [3.05, 3.63) is 96.4 Å². The number of hydrogen-bond donors (Lipinski definition) is 2. The third kappa shape index (κ3) is 5.77. The first-order valence-electron chi connectivity index (χ1n) is 13.7. The predicted octanol–water partition coefficient (Wildman–Crippen LogP) is 4.34. The smallest absolute Gasteiger partial charge is 0.167 e. The summed E-state index contributed by atoms with van der Waals surface area (Å²) in [4.78, 5) is 15.2. The van der Waals surface area contributed by atoms with E-state index in [0.717, 1.165) is 28.7 Å². The van der Waals surface area contributed by atoms with Crippen molar-refractivity contribution >= 4 is 17.0 Å². The maximum Gasteiger partial charge on any atom is 0.167 e. The van der Waals surface area contributed by atoms with E-state index < -0.39 is 24.5 Å². The van der Waals surface area contributed by atoms with Gasteiger partial charge in [0, 0.05) is 13.6 Å². The zero-order valence-corrected chi connectivity index (χ0v) is 22.7. The summed E-state index contributed by atoms with van der Waals surface area (Å²) in [6.07, 6.45) is 3.55. The van der Waals surface area contributed by atoms with E-state index in [1.165, 1.54) is 12.7 Å². The van der Waals surface area contributed by atoms with Crippen molar-refractivity contribution in [3.63, 3.8) is 0 Å². The minimum atomic E-state index is -1.20. The molecule has 0 unspecified atom stereocenters. The summed E-state index contributed by atoms with van der Waals surface area (Å²) >= 11 is 0. The van der Waals surface area contributed by atoms with Gasteiger partial charge in [-0.05, 0) is 47.3 Å². The van der Waals surface area contributed by atoms with Crippen LogP contribution in [-0.2, 0) is 16.1 Å². The second-order valence-corrected chi connectivity index (χ2v) is 10.4. The molecule has 3 heterocycles. The molecule has 0 saturated carbocycles. The number of ether oxygens (including phenoxy) is 2. The van der Waals surface area contributed by atoms with E-state index >= 15 is 0 Å². The molecule has 1 aliphatic carbocycles. The van der Waals surface area contributed by atoms with Gasteiger partial charge in [0.1, 0.15) is 30.5 Å². The van der Waals surface area contributed by atoms with E-state index in [1.807, 2.05) is 54.4 Å². The Hall–Kier alpha value is -3.96.